The monoisotopic (exact) mass is 304 g/mol. The molecule has 0 saturated heterocycles. The molecule has 86 valence electrons. The number of carbonyl (C=O) groups is 2. The van der Waals surface area contributed by atoms with Crippen LogP contribution in [0.5, 0.6) is 0 Å². The minimum absolute atomic E-state index is 0.245. The fourth-order valence-electron chi connectivity index (χ4n) is 1.06. The summed E-state index contributed by atoms with van der Waals surface area (Å²) in [6.45, 7) is 1.85. The normalized spacial score (nSPS) is 9.69. The Hall–Kier alpha value is -1.07. The van der Waals surface area contributed by atoms with E-state index in [0.29, 0.717) is 5.69 Å². The summed E-state index contributed by atoms with van der Waals surface area (Å²) < 4.78 is 0.883. The number of urea groups is 1. The standard InChI is InChI=1S/C10H10BrClN2O2/c1-6-7(11)3-2-4-8(6)13-10(16)14-9(15)5-12/h2-4H,5H2,1H3,(H2,13,14,15,16). The first-order chi connectivity index (χ1) is 7.54. The molecule has 0 atom stereocenters. The van der Waals surface area contributed by atoms with Gasteiger partial charge in [-0.1, -0.05) is 22.0 Å². The van der Waals surface area contributed by atoms with E-state index in [-0.39, 0.29) is 5.88 Å². The molecule has 1 aromatic carbocycles. The van der Waals surface area contributed by atoms with Crippen LogP contribution in [-0.2, 0) is 4.79 Å². The summed E-state index contributed by atoms with van der Waals surface area (Å²) in [7, 11) is 0. The van der Waals surface area contributed by atoms with Crippen molar-refractivity contribution in [1.29, 1.82) is 0 Å². The molecule has 0 heterocycles. The molecule has 0 aliphatic carbocycles. The van der Waals surface area contributed by atoms with E-state index in [2.05, 4.69) is 26.6 Å². The molecule has 0 unspecified atom stereocenters. The van der Waals surface area contributed by atoms with Crippen molar-refractivity contribution in [2.75, 3.05) is 11.2 Å². The highest BCUT2D eigenvalue weighted by Crippen LogP contribution is 2.23. The second kappa shape index (κ2) is 5.86. The maximum atomic E-state index is 11.3. The number of halogens is 2. The summed E-state index contributed by atoms with van der Waals surface area (Å²) in [5.74, 6) is -0.781. The average molecular weight is 306 g/mol. The third kappa shape index (κ3) is 3.50. The van der Waals surface area contributed by atoms with Crippen LogP contribution >= 0.6 is 27.5 Å². The van der Waals surface area contributed by atoms with Crippen LogP contribution in [0.1, 0.15) is 5.56 Å². The number of carbonyl (C=O) groups excluding carboxylic acids is 2. The lowest BCUT2D eigenvalue weighted by atomic mass is 10.2. The number of alkyl halides is 1. The van der Waals surface area contributed by atoms with Crippen molar-refractivity contribution in [3.05, 3.63) is 28.2 Å². The molecule has 0 aliphatic heterocycles. The highest BCUT2D eigenvalue weighted by molar-refractivity contribution is 9.10. The summed E-state index contributed by atoms with van der Waals surface area (Å²) in [5, 5.41) is 4.65. The first-order valence-corrected chi connectivity index (χ1v) is 5.79. The summed E-state index contributed by atoms with van der Waals surface area (Å²) >= 11 is 8.60. The predicted octanol–water partition coefficient (Wildman–Crippen LogP) is 2.64. The van der Waals surface area contributed by atoms with E-state index in [9.17, 15) is 9.59 Å². The Morgan fingerprint density at radius 2 is 2.12 bits per heavy atom. The number of hydrogen-bond acceptors (Lipinski definition) is 2. The van der Waals surface area contributed by atoms with Crippen LogP contribution in [-0.4, -0.2) is 17.8 Å². The summed E-state index contributed by atoms with van der Waals surface area (Å²) in [4.78, 5) is 22.2. The summed E-state index contributed by atoms with van der Waals surface area (Å²) in [6.07, 6.45) is 0. The third-order valence-electron chi connectivity index (χ3n) is 1.89. The Bertz CT molecular complexity index is 423. The van der Waals surface area contributed by atoms with Crippen LogP contribution < -0.4 is 10.6 Å². The molecule has 0 saturated carbocycles. The number of anilines is 1. The molecule has 0 fully saturated rings. The van der Waals surface area contributed by atoms with Crippen LogP contribution in [0, 0.1) is 6.92 Å². The number of rotatable bonds is 2. The number of benzene rings is 1. The molecule has 6 heteroatoms. The van der Waals surface area contributed by atoms with Crippen molar-refractivity contribution >= 4 is 45.2 Å². The quantitative estimate of drug-likeness (QED) is 0.825. The molecular formula is C10H10BrClN2O2. The molecule has 16 heavy (non-hydrogen) atoms. The second-order valence-corrected chi connectivity index (χ2v) is 4.17. The lowest BCUT2D eigenvalue weighted by molar-refractivity contribution is -0.117. The van der Waals surface area contributed by atoms with Crippen molar-refractivity contribution < 1.29 is 9.59 Å². The zero-order chi connectivity index (χ0) is 12.1. The fourth-order valence-corrected chi connectivity index (χ4v) is 1.49. The lowest BCUT2D eigenvalue weighted by Gasteiger charge is -2.09. The molecule has 0 aliphatic rings. The maximum Gasteiger partial charge on any atom is 0.325 e. The molecule has 4 nitrogen and oxygen atoms in total. The van der Waals surface area contributed by atoms with Crippen molar-refractivity contribution in [3.8, 4) is 0 Å². The van der Waals surface area contributed by atoms with Crippen LogP contribution in [0.15, 0.2) is 22.7 Å². The highest BCUT2D eigenvalue weighted by Gasteiger charge is 2.08. The van der Waals surface area contributed by atoms with Gasteiger partial charge in [-0.05, 0) is 24.6 Å². The van der Waals surface area contributed by atoms with Gasteiger partial charge in [0.15, 0.2) is 0 Å². The molecule has 0 spiro atoms. The topological polar surface area (TPSA) is 58.2 Å². The van der Waals surface area contributed by atoms with Gasteiger partial charge in [-0.25, -0.2) is 4.79 Å². The number of hydrogen-bond donors (Lipinski definition) is 2. The van der Waals surface area contributed by atoms with Gasteiger partial charge in [-0.2, -0.15) is 0 Å². The number of imide groups is 1. The summed E-state index contributed by atoms with van der Waals surface area (Å²) in [5.41, 5.74) is 1.52. The predicted molar refractivity (Wildman–Crippen MR) is 66.8 cm³/mol. The van der Waals surface area contributed by atoms with Crippen LogP contribution in [0.2, 0.25) is 0 Å². The van der Waals surface area contributed by atoms with E-state index in [1.165, 1.54) is 0 Å². The number of nitrogens with one attached hydrogen (secondary N) is 2. The largest absolute Gasteiger partial charge is 0.325 e. The van der Waals surface area contributed by atoms with Crippen molar-refractivity contribution in [1.82, 2.24) is 5.32 Å². The van der Waals surface area contributed by atoms with E-state index >= 15 is 0 Å². The Morgan fingerprint density at radius 3 is 2.75 bits per heavy atom. The van der Waals surface area contributed by atoms with E-state index in [1.807, 2.05) is 13.0 Å². The van der Waals surface area contributed by atoms with E-state index in [0.717, 1.165) is 10.0 Å². The second-order valence-electron chi connectivity index (χ2n) is 3.05. The van der Waals surface area contributed by atoms with E-state index in [1.54, 1.807) is 12.1 Å². The highest BCUT2D eigenvalue weighted by atomic mass is 79.9. The molecule has 1 aromatic rings. The summed E-state index contributed by atoms with van der Waals surface area (Å²) in [6, 6.07) is 4.80. The van der Waals surface area contributed by atoms with Gasteiger partial charge in [0.25, 0.3) is 0 Å². The zero-order valence-electron chi connectivity index (χ0n) is 8.51. The number of amides is 3. The average Bonchev–Trinajstić information content (AvgIpc) is 2.24. The van der Waals surface area contributed by atoms with Gasteiger partial charge in [0.1, 0.15) is 5.88 Å². The van der Waals surface area contributed by atoms with Crippen molar-refractivity contribution in [3.63, 3.8) is 0 Å². The molecule has 0 bridgehead atoms. The Labute approximate surface area is 106 Å². The van der Waals surface area contributed by atoms with Gasteiger partial charge in [0.2, 0.25) is 5.91 Å². The van der Waals surface area contributed by atoms with Gasteiger partial charge < -0.3 is 5.32 Å². The van der Waals surface area contributed by atoms with Gasteiger partial charge in [0.05, 0.1) is 0 Å². The fraction of sp³-hybridized carbons (Fsp3) is 0.200. The zero-order valence-corrected chi connectivity index (χ0v) is 10.9. The molecular weight excluding hydrogens is 295 g/mol. The smallest absolute Gasteiger partial charge is 0.307 e. The maximum absolute atomic E-state index is 11.3. The Morgan fingerprint density at radius 1 is 1.44 bits per heavy atom. The minimum Gasteiger partial charge on any atom is -0.307 e. The Kier molecular flexibility index (Phi) is 4.76. The molecule has 2 N–H and O–H groups in total. The molecule has 0 aromatic heterocycles. The molecule has 1 rings (SSSR count). The van der Waals surface area contributed by atoms with Crippen LogP contribution in [0.4, 0.5) is 10.5 Å². The first-order valence-electron chi connectivity index (χ1n) is 4.46. The molecule has 3 amide bonds. The lowest BCUT2D eigenvalue weighted by Crippen LogP contribution is -2.35. The van der Waals surface area contributed by atoms with E-state index < -0.39 is 11.9 Å². The van der Waals surface area contributed by atoms with Crippen molar-refractivity contribution in [2.45, 2.75) is 6.92 Å². The minimum atomic E-state index is -0.591. The van der Waals surface area contributed by atoms with E-state index in [4.69, 9.17) is 11.6 Å². The SMILES string of the molecule is Cc1c(Br)cccc1NC(=O)NC(=O)CCl. The van der Waals surface area contributed by atoms with Crippen LogP contribution in [0.25, 0.3) is 0 Å². The third-order valence-corrected chi connectivity index (χ3v) is 2.99. The Balaban J connectivity index is 2.70. The van der Waals surface area contributed by atoms with Gasteiger partial charge in [-0.3, -0.25) is 10.1 Å². The molecule has 0 radical (unpaired) electrons. The van der Waals surface area contributed by atoms with Gasteiger partial charge in [-0.15, -0.1) is 11.6 Å². The van der Waals surface area contributed by atoms with Gasteiger partial charge in [0, 0.05) is 10.2 Å². The first kappa shape index (κ1) is 13.0. The van der Waals surface area contributed by atoms with Crippen molar-refractivity contribution in [2.24, 2.45) is 0 Å². The van der Waals surface area contributed by atoms with Gasteiger partial charge >= 0.3 is 6.03 Å². The van der Waals surface area contributed by atoms with Crippen LogP contribution in [0.3, 0.4) is 0 Å².